The number of benzene rings is 1. The van der Waals surface area contributed by atoms with Crippen molar-refractivity contribution in [2.24, 2.45) is 0 Å². The summed E-state index contributed by atoms with van der Waals surface area (Å²) in [5.74, 6) is -1.32. The average Bonchev–Trinajstić information content (AvgIpc) is 2.26. The van der Waals surface area contributed by atoms with Gasteiger partial charge in [0, 0.05) is 0 Å². The molecule has 0 aromatic heterocycles. The van der Waals surface area contributed by atoms with E-state index in [0.717, 1.165) is 0 Å². The zero-order chi connectivity index (χ0) is 12.3. The molecule has 0 bridgehead atoms. The highest BCUT2D eigenvalue weighted by molar-refractivity contribution is 9.09. The number of carboxylic acids is 1. The molecule has 1 aromatic rings. The van der Waals surface area contributed by atoms with Gasteiger partial charge in [-0.3, -0.25) is 4.79 Å². The number of aliphatic hydroxyl groups is 1. The fourth-order valence-corrected chi connectivity index (χ4v) is 1.98. The lowest BCUT2D eigenvalue weighted by atomic mass is 9.97. The second-order valence-electron chi connectivity index (χ2n) is 3.31. The maximum absolute atomic E-state index is 11.3. The molecule has 0 fully saturated rings. The van der Waals surface area contributed by atoms with Gasteiger partial charge in [-0.2, -0.15) is 0 Å². The van der Waals surface area contributed by atoms with E-state index in [-0.39, 0.29) is 18.0 Å². The lowest BCUT2D eigenvalue weighted by Gasteiger charge is -2.14. The summed E-state index contributed by atoms with van der Waals surface area (Å²) in [6.07, 6.45) is 0. The Morgan fingerprint density at radius 3 is 2.50 bits per heavy atom. The van der Waals surface area contributed by atoms with Gasteiger partial charge in [-0.25, -0.2) is 4.79 Å². The summed E-state index contributed by atoms with van der Waals surface area (Å²) in [5.41, 5.74) is 0.797. The van der Waals surface area contributed by atoms with Crippen LogP contribution in [-0.2, 0) is 11.4 Å². The quantitative estimate of drug-likeness (QED) is 0.829. The molecule has 0 aliphatic rings. The minimum absolute atomic E-state index is 0.0311. The predicted molar refractivity (Wildman–Crippen MR) is 61.7 cm³/mol. The van der Waals surface area contributed by atoms with Crippen LogP contribution in [-0.4, -0.2) is 22.0 Å². The van der Waals surface area contributed by atoms with Crippen LogP contribution < -0.4 is 0 Å². The van der Waals surface area contributed by atoms with Crippen molar-refractivity contribution < 1.29 is 19.8 Å². The van der Waals surface area contributed by atoms with Crippen LogP contribution in [0.5, 0.6) is 0 Å². The molecule has 1 rings (SSSR count). The Labute approximate surface area is 101 Å². The molecule has 0 spiro atoms. The first-order chi connectivity index (χ1) is 7.49. The summed E-state index contributed by atoms with van der Waals surface area (Å²) in [4.78, 5) is 21.6. The first kappa shape index (κ1) is 12.9. The fraction of sp³-hybridized carbons (Fsp3) is 0.273. The van der Waals surface area contributed by atoms with Crippen LogP contribution in [0.3, 0.4) is 0 Å². The number of alkyl halides is 1. The van der Waals surface area contributed by atoms with Gasteiger partial charge in [0.15, 0.2) is 0 Å². The van der Waals surface area contributed by atoms with Gasteiger partial charge < -0.3 is 10.2 Å². The third kappa shape index (κ3) is 2.48. The molecule has 0 amide bonds. The van der Waals surface area contributed by atoms with Crippen molar-refractivity contribution in [1.82, 2.24) is 0 Å². The topological polar surface area (TPSA) is 74.6 Å². The first-order valence-electron chi connectivity index (χ1n) is 4.59. The van der Waals surface area contributed by atoms with E-state index >= 15 is 0 Å². The molecular formula is C11H11BrO4. The first-order valence-corrected chi connectivity index (χ1v) is 5.51. The number of aromatic carboxylic acids is 1. The number of aliphatic hydroxyl groups excluding tert-OH is 1. The zero-order valence-electron chi connectivity index (χ0n) is 8.61. The number of Topliss-reactive ketones (excluding diaryl/α,β-unsaturated/α-hetero) is 1. The summed E-state index contributed by atoms with van der Waals surface area (Å²) in [7, 11) is 0. The van der Waals surface area contributed by atoms with Crippen molar-refractivity contribution in [3.63, 3.8) is 0 Å². The Morgan fingerprint density at radius 2 is 2.06 bits per heavy atom. The molecule has 0 radical (unpaired) electrons. The number of carbonyl (C=O) groups excluding carboxylic acids is 1. The Hall–Kier alpha value is -1.20. The van der Waals surface area contributed by atoms with E-state index in [0.29, 0.717) is 11.1 Å². The van der Waals surface area contributed by atoms with E-state index in [9.17, 15) is 9.59 Å². The number of hydrogen-bond donors (Lipinski definition) is 2. The highest BCUT2D eigenvalue weighted by Crippen LogP contribution is 2.30. The summed E-state index contributed by atoms with van der Waals surface area (Å²) in [6.45, 7) is 1.06. The summed E-state index contributed by atoms with van der Waals surface area (Å²) < 4.78 is 0. The van der Waals surface area contributed by atoms with Crippen molar-refractivity contribution >= 4 is 27.7 Å². The second-order valence-corrected chi connectivity index (χ2v) is 4.23. The van der Waals surface area contributed by atoms with Gasteiger partial charge in [0.05, 0.1) is 17.0 Å². The molecule has 0 heterocycles. The fourth-order valence-electron chi connectivity index (χ4n) is 1.44. The molecule has 1 atom stereocenters. The van der Waals surface area contributed by atoms with Crippen molar-refractivity contribution in [3.8, 4) is 0 Å². The zero-order valence-corrected chi connectivity index (χ0v) is 10.2. The molecule has 2 N–H and O–H groups in total. The van der Waals surface area contributed by atoms with Crippen molar-refractivity contribution in [2.45, 2.75) is 18.4 Å². The largest absolute Gasteiger partial charge is 0.478 e. The SMILES string of the molecule is CC(=O)C(Br)c1c(CO)cccc1C(=O)O. The summed E-state index contributed by atoms with van der Waals surface area (Å²) >= 11 is 3.14. The number of hydrogen-bond acceptors (Lipinski definition) is 3. The van der Waals surface area contributed by atoms with Crippen molar-refractivity contribution in [3.05, 3.63) is 34.9 Å². The standard InChI is InChI=1S/C11H11BrO4/c1-6(14)10(12)9-7(5-13)3-2-4-8(9)11(15)16/h2-4,10,13H,5H2,1H3,(H,15,16). The third-order valence-corrected chi connectivity index (χ3v) is 3.31. The molecule has 5 heteroatoms. The highest BCUT2D eigenvalue weighted by atomic mass is 79.9. The minimum Gasteiger partial charge on any atom is -0.478 e. The maximum Gasteiger partial charge on any atom is 0.336 e. The molecule has 0 aliphatic heterocycles. The molecule has 1 aromatic carbocycles. The second kappa shape index (κ2) is 5.23. The molecule has 86 valence electrons. The van der Waals surface area contributed by atoms with E-state index in [1.807, 2.05) is 0 Å². The van der Waals surface area contributed by atoms with Gasteiger partial charge in [0.25, 0.3) is 0 Å². The Bertz CT molecular complexity index is 428. The van der Waals surface area contributed by atoms with Crippen molar-refractivity contribution in [2.75, 3.05) is 0 Å². The highest BCUT2D eigenvalue weighted by Gasteiger charge is 2.22. The van der Waals surface area contributed by atoms with Crippen LogP contribution in [0, 0.1) is 0 Å². The number of carbonyl (C=O) groups is 2. The molecular weight excluding hydrogens is 276 g/mol. The number of halogens is 1. The Balaban J connectivity index is 3.41. The number of ketones is 1. The molecule has 0 saturated heterocycles. The van der Waals surface area contributed by atoms with E-state index in [1.165, 1.54) is 13.0 Å². The molecule has 4 nitrogen and oxygen atoms in total. The van der Waals surface area contributed by atoms with Gasteiger partial charge in [0.1, 0.15) is 5.78 Å². The Morgan fingerprint density at radius 1 is 1.44 bits per heavy atom. The van der Waals surface area contributed by atoms with E-state index < -0.39 is 10.8 Å². The van der Waals surface area contributed by atoms with Gasteiger partial charge in [-0.05, 0) is 24.1 Å². The van der Waals surface area contributed by atoms with Gasteiger partial charge >= 0.3 is 5.97 Å². The normalized spacial score (nSPS) is 12.2. The predicted octanol–water partition coefficient (Wildman–Crippen LogP) is 1.90. The van der Waals surface area contributed by atoms with Crippen LogP contribution >= 0.6 is 15.9 Å². The third-order valence-electron chi connectivity index (χ3n) is 2.21. The van der Waals surface area contributed by atoms with Crippen molar-refractivity contribution in [1.29, 1.82) is 0 Å². The van der Waals surface area contributed by atoms with Crippen LogP contribution in [0.25, 0.3) is 0 Å². The molecule has 0 aliphatic carbocycles. The van der Waals surface area contributed by atoms with E-state index in [4.69, 9.17) is 10.2 Å². The summed E-state index contributed by atoms with van der Waals surface area (Å²) in [6, 6.07) is 4.55. The number of carboxylic acid groups (broad SMARTS) is 1. The Kier molecular flexibility index (Phi) is 4.20. The van der Waals surface area contributed by atoms with Crippen LogP contribution in [0.4, 0.5) is 0 Å². The van der Waals surface area contributed by atoms with Gasteiger partial charge in [0.2, 0.25) is 0 Å². The average molecular weight is 287 g/mol. The van der Waals surface area contributed by atoms with Crippen LogP contribution in [0.15, 0.2) is 18.2 Å². The molecule has 1 unspecified atom stereocenters. The lowest BCUT2D eigenvalue weighted by molar-refractivity contribution is -0.116. The minimum atomic E-state index is -1.11. The van der Waals surface area contributed by atoms with E-state index in [1.54, 1.807) is 12.1 Å². The summed E-state index contributed by atoms with van der Waals surface area (Å²) in [5, 5.41) is 18.1. The van der Waals surface area contributed by atoms with Gasteiger partial charge in [-0.15, -0.1) is 0 Å². The maximum atomic E-state index is 11.3. The monoisotopic (exact) mass is 286 g/mol. The number of rotatable bonds is 4. The van der Waals surface area contributed by atoms with Crippen LogP contribution in [0.1, 0.15) is 33.2 Å². The lowest BCUT2D eigenvalue weighted by Crippen LogP contribution is -2.12. The molecule has 16 heavy (non-hydrogen) atoms. The molecule has 0 saturated carbocycles. The van der Waals surface area contributed by atoms with Crippen LogP contribution in [0.2, 0.25) is 0 Å². The van der Waals surface area contributed by atoms with Gasteiger partial charge in [-0.1, -0.05) is 28.1 Å². The smallest absolute Gasteiger partial charge is 0.336 e. The van der Waals surface area contributed by atoms with E-state index in [2.05, 4.69) is 15.9 Å².